The molecule has 0 aliphatic rings. The molecule has 5 nitrogen and oxygen atoms in total. The van der Waals surface area contributed by atoms with Crippen molar-refractivity contribution in [2.24, 2.45) is 0 Å². The average Bonchev–Trinajstić information content (AvgIpc) is 2.00. The van der Waals surface area contributed by atoms with Crippen LogP contribution in [0.2, 0.25) is 0 Å². The second kappa shape index (κ2) is 5.10. The van der Waals surface area contributed by atoms with E-state index in [4.69, 9.17) is 0 Å². The van der Waals surface area contributed by atoms with Crippen LogP contribution in [0.15, 0.2) is 0 Å². The molecule has 1 N–H and O–H groups in total. The maximum Gasteiger partial charge on any atom is 0.325 e. The zero-order chi connectivity index (χ0) is 9.61. The monoisotopic (exact) mass is 195 g/mol. The Morgan fingerprint density at radius 3 is 2.42 bits per heavy atom. The van der Waals surface area contributed by atoms with Crippen LogP contribution in [0.5, 0.6) is 0 Å². The van der Waals surface area contributed by atoms with E-state index in [0.29, 0.717) is 6.42 Å². The second-order valence-corrected chi connectivity index (χ2v) is 4.03. The van der Waals surface area contributed by atoms with Crippen LogP contribution in [0.1, 0.15) is 26.7 Å². The van der Waals surface area contributed by atoms with E-state index in [2.05, 4.69) is 4.84 Å². The standard InChI is InChI=1S/C6H13NO4S/c1-3-5-12(9,10)7-11-6(8)4-2/h7H,3-5H2,1-2H3. The zero-order valence-electron chi connectivity index (χ0n) is 7.16. The Hall–Kier alpha value is -0.620. The fourth-order valence-corrected chi connectivity index (χ4v) is 1.33. The molecule has 72 valence electrons. The van der Waals surface area contributed by atoms with Crippen molar-refractivity contribution < 1.29 is 18.0 Å². The zero-order valence-corrected chi connectivity index (χ0v) is 7.98. The van der Waals surface area contributed by atoms with Gasteiger partial charge in [-0.15, -0.1) is 0 Å². The normalized spacial score (nSPS) is 11.2. The molecular weight excluding hydrogens is 182 g/mol. The maximum atomic E-state index is 10.9. The molecule has 0 unspecified atom stereocenters. The summed E-state index contributed by atoms with van der Waals surface area (Å²) < 4.78 is 21.7. The average molecular weight is 195 g/mol. The Kier molecular flexibility index (Phi) is 4.84. The van der Waals surface area contributed by atoms with Crippen molar-refractivity contribution >= 4 is 16.0 Å². The van der Waals surface area contributed by atoms with Crippen molar-refractivity contribution in [1.29, 1.82) is 0 Å². The summed E-state index contributed by atoms with van der Waals surface area (Å²) in [7, 11) is -3.43. The molecule has 6 heteroatoms. The van der Waals surface area contributed by atoms with Crippen LogP contribution in [0.3, 0.4) is 0 Å². The summed E-state index contributed by atoms with van der Waals surface area (Å²) in [6, 6.07) is 0. The molecule has 0 aromatic carbocycles. The number of carbonyl (C=O) groups is 1. The minimum atomic E-state index is -3.43. The Bertz CT molecular complexity index is 234. The first-order chi connectivity index (χ1) is 5.52. The molecule has 0 aliphatic heterocycles. The largest absolute Gasteiger partial charge is 0.356 e. The molecule has 0 aliphatic carbocycles. The first kappa shape index (κ1) is 11.4. The molecule has 0 atom stereocenters. The maximum absolute atomic E-state index is 10.9. The summed E-state index contributed by atoms with van der Waals surface area (Å²) in [5, 5.41) is 0. The highest BCUT2D eigenvalue weighted by Crippen LogP contribution is 1.89. The van der Waals surface area contributed by atoms with Crippen LogP contribution in [0.25, 0.3) is 0 Å². The van der Waals surface area contributed by atoms with Crippen LogP contribution in [-0.2, 0) is 19.7 Å². The summed E-state index contributed by atoms with van der Waals surface area (Å²) in [5.74, 6) is -0.626. The van der Waals surface area contributed by atoms with Crippen molar-refractivity contribution in [3.05, 3.63) is 0 Å². The lowest BCUT2D eigenvalue weighted by Crippen LogP contribution is -2.28. The molecule has 0 spiro atoms. The predicted octanol–water partition coefficient (Wildman–Crippen LogP) is 0.184. The van der Waals surface area contributed by atoms with E-state index in [9.17, 15) is 13.2 Å². The lowest BCUT2D eigenvalue weighted by Gasteiger charge is -2.03. The number of nitrogens with one attached hydrogen (secondary N) is 1. The lowest BCUT2D eigenvalue weighted by molar-refractivity contribution is -0.146. The van der Waals surface area contributed by atoms with Gasteiger partial charge in [-0.3, -0.25) is 4.79 Å². The third-order valence-corrected chi connectivity index (χ3v) is 2.33. The highest BCUT2D eigenvalue weighted by Gasteiger charge is 2.10. The molecule has 0 aromatic heterocycles. The van der Waals surface area contributed by atoms with Gasteiger partial charge in [0.15, 0.2) is 0 Å². The van der Waals surface area contributed by atoms with Crippen molar-refractivity contribution in [2.45, 2.75) is 26.7 Å². The van der Waals surface area contributed by atoms with Gasteiger partial charge in [0, 0.05) is 6.42 Å². The Morgan fingerprint density at radius 2 is 2.00 bits per heavy atom. The van der Waals surface area contributed by atoms with E-state index < -0.39 is 16.0 Å². The van der Waals surface area contributed by atoms with Crippen molar-refractivity contribution in [2.75, 3.05) is 5.75 Å². The number of sulfonamides is 1. The fraction of sp³-hybridized carbons (Fsp3) is 0.833. The van der Waals surface area contributed by atoms with Gasteiger partial charge in [0.05, 0.1) is 5.75 Å². The molecule has 0 rings (SSSR count). The molecule has 0 saturated heterocycles. The lowest BCUT2D eigenvalue weighted by atomic mass is 10.5. The number of rotatable bonds is 5. The first-order valence-electron chi connectivity index (χ1n) is 3.71. The molecule has 0 heterocycles. The van der Waals surface area contributed by atoms with Gasteiger partial charge in [0.1, 0.15) is 0 Å². The van der Waals surface area contributed by atoms with E-state index in [-0.39, 0.29) is 12.2 Å². The quantitative estimate of drug-likeness (QED) is 0.635. The number of hydrogen-bond acceptors (Lipinski definition) is 4. The summed E-state index contributed by atoms with van der Waals surface area (Å²) in [6.07, 6.45) is 0.633. The molecule has 0 fully saturated rings. The van der Waals surface area contributed by atoms with Crippen LogP contribution < -0.4 is 4.89 Å². The van der Waals surface area contributed by atoms with Gasteiger partial charge in [-0.25, -0.2) is 8.42 Å². The predicted molar refractivity (Wildman–Crippen MR) is 43.6 cm³/mol. The molecule has 0 bridgehead atoms. The van der Waals surface area contributed by atoms with Gasteiger partial charge in [-0.05, 0) is 11.3 Å². The van der Waals surface area contributed by atoms with E-state index in [0.717, 1.165) is 0 Å². The molecule has 0 amide bonds. The fourth-order valence-electron chi connectivity index (χ4n) is 0.493. The molecule has 0 saturated carbocycles. The first-order valence-corrected chi connectivity index (χ1v) is 5.36. The van der Waals surface area contributed by atoms with Gasteiger partial charge in [-0.1, -0.05) is 13.8 Å². The highest BCUT2D eigenvalue weighted by molar-refractivity contribution is 7.89. The van der Waals surface area contributed by atoms with Crippen molar-refractivity contribution in [1.82, 2.24) is 4.89 Å². The van der Waals surface area contributed by atoms with Gasteiger partial charge in [0.2, 0.25) is 10.0 Å². The van der Waals surface area contributed by atoms with E-state index in [1.165, 1.54) is 0 Å². The highest BCUT2D eigenvalue weighted by atomic mass is 32.2. The van der Waals surface area contributed by atoms with Crippen LogP contribution >= 0.6 is 0 Å². The minimum Gasteiger partial charge on any atom is -0.356 e. The Balaban J connectivity index is 3.84. The van der Waals surface area contributed by atoms with Crippen LogP contribution in [-0.4, -0.2) is 20.1 Å². The molecule has 0 radical (unpaired) electrons. The van der Waals surface area contributed by atoms with E-state index in [1.54, 1.807) is 18.7 Å². The number of carbonyl (C=O) groups excluding carboxylic acids is 1. The third kappa shape index (κ3) is 5.09. The van der Waals surface area contributed by atoms with Crippen LogP contribution in [0, 0.1) is 0 Å². The Morgan fingerprint density at radius 1 is 1.42 bits per heavy atom. The van der Waals surface area contributed by atoms with Crippen molar-refractivity contribution in [3.8, 4) is 0 Å². The topological polar surface area (TPSA) is 72.5 Å². The molecule has 12 heavy (non-hydrogen) atoms. The summed E-state index contributed by atoms with van der Waals surface area (Å²) in [5.41, 5.74) is 0. The second-order valence-electron chi connectivity index (χ2n) is 2.23. The summed E-state index contributed by atoms with van der Waals surface area (Å²) in [6.45, 7) is 3.30. The molecule has 0 aromatic rings. The van der Waals surface area contributed by atoms with Gasteiger partial charge < -0.3 is 4.84 Å². The van der Waals surface area contributed by atoms with E-state index in [1.807, 2.05) is 0 Å². The number of hydrogen-bond donors (Lipinski definition) is 1. The van der Waals surface area contributed by atoms with Crippen molar-refractivity contribution in [3.63, 3.8) is 0 Å². The summed E-state index contributed by atoms with van der Waals surface area (Å²) >= 11 is 0. The Labute approximate surface area is 72.1 Å². The SMILES string of the molecule is CCCS(=O)(=O)NOC(=O)CC. The third-order valence-electron chi connectivity index (χ3n) is 1.04. The van der Waals surface area contributed by atoms with Gasteiger partial charge in [0.25, 0.3) is 0 Å². The smallest absolute Gasteiger partial charge is 0.325 e. The van der Waals surface area contributed by atoms with Crippen LogP contribution in [0.4, 0.5) is 0 Å². The van der Waals surface area contributed by atoms with Gasteiger partial charge in [-0.2, -0.15) is 0 Å². The summed E-state index contributed by atoms with van der Waals surface area (Å²) in [4.78, 5) is 16.5. The van der Waals surface area contributed by atoms with E-state index >= 15 is 0 Å². The minimum absolute atomic E-state index is 0.0377. The van der Waals surface area contributed by atoms with Gasteiger partial charge >= 0.3 is 5.97 Å². The molecular formula is C6H13NO4S.